The van der Waals surface area contributed by atoms with E-state index in [9.17, 15) is 0 Å². The summed E-state index contributed by atoms with van der Waals surface area (Å²) in [5, 5.41) is 10.6. The maximum Gasteiger partial charge on any atom is -0.00264 e. The summed E-state index contributed by atoms with van der Waals surface area (Å²) in [7, 11) is 0. The molecule has 0 atom stereocenters. The molecule has 0 aliphatic rings. The third-order valence-corrected chi connectivity index (χ3v) is 10.2. The number of rotatable bonds is 3. The van der Waals surface area contributed by atoms with Crippen LogP contribution in [0.4, 0.5) is 0 Å². The summed E-state index contributed by atoms with van der Waals surface area (Å²) in [6, 6.07) is 61.8. The molecular formula is C50H40. The van der Waals surface area contributed by atoms with E-state index in [2.05, 4.69) is 198 Å². The van der Waals surface area contributed by atoms with Gasteiger partial charge in [-0.2, -0.15) is 0 Å². The molecule has 0 heterocycles. The second-order valence-corrected chi connectivity index (χ2v) is 13.5. The quantitative estimate of drug-likeness (QED) is 0.169. The highest BCUT2D eigenvalue weighted by molar-refractivity contribution is 6.21. The molecule has 0 spiro atoms. The van der Waals surface area contributed by atoms with E-state index in [1.807, 2.05) is 0 Å². The summed E-state index contributed by atoms with van der Waals surface area (Å²) in [6.07, 6.45) is 0. The van der Waals surface area contributed by atoms with E-state index in [0.29, 0.717) is 0 Å². The van der Waals surface area contributed by atoms with Crippen LogP contribution in [0.15, 0.2) is 170 Å². The minimum Gasteiger partial charge on any atom is -0.0616 e. The lowest BCUT2D eigenvalue weighted by atomic mass is 9.86. The van der Waals surface area contributed by atoms with Crippen molar-refractivity contribution in [3.8, 4) is 33.4 Å². The van der Waals surface area contributed by atoms with Crippen molar-refractivity contribution >= 4 is 43.1 Å². The van der Waals surface area contributed by atoms with Crippen molar-refractivity contribution in [1.82, 2.24) is 0 Å². The molecule has 9 aromatic rings. The first-order chi connectivity index (χ1) is 24.5. The Kier molecular flexibility index (Phi) is 8.23. The maximum absolute atomic E-state index is 2.26. The Labute approximate surface area is 295 Å². The van der Waals surface area contributed by atoms with E-state index in [1.165, 1.54) is 98.7 Å². The highest BCUT2D eigenvalue weighted by Gasteiger charge is 2.16. The van der Waals surface area contributed by atoms with E-state index in [-0.39, 0.29) is 0 Å². The molecule has 0 saturated carbocycles. The smallest absolute Gasteiger partial charge is 0.00264 e. The van der Waals surface area contributed by atoms with Gasteiger partial charge in [-0.05, 0) is 115 Å². The Hall–Kier alpha value is -5.98. The van der Waals surface area contributed by atoms with Gasteiger partial charge in [0.05, 0.1) is 0 Å². The van der Waals surface area contributed by atoms with Gasteiger partial charge in [0.25, 0.3) is 0 Å². The van der Waals surface area contributed by atoms with Gasteiger partial charge < -0.3 is 0 Å². The van der Waals surface area contributed by atoms with E-state index >= 15 is 0 Å². The predicted octanol–water partition coefficient (Wildman–Crippen LogP) is 14.2. The van der Waals surface area contributed by atoms with Crippen LogP contribution in [0.2, 0.25) is 0 Å². The number of hydrogen-bond donors (Lipinski definition) is 0. The molecule has 0 aliphatic carbocycles. The molecule has 0 radical (unpaired) electrons. The lowest BCUT2D eigenvalue weighted by Crippen LogP contribution is -1.90. The molecule has 0 saturated heterocycles. The summed E-state index contributed by atoms with van der Waals surface area (Å²) >= 11 is 0. The molecular weight excluding hydrogens is 601 g/mol. The largest absolute Gasteiger partial charge is 0.0616 e. The fraction of sp³-hybridized carbons (Fsp3) is 0.0800. The second kappa shape index (κ2) is 13.1. The molecule has 0 amide bonds. The Morgan fingerprint density at radius 2 is 0.520 bits per heavy atom. The standard InChI is InChI=1S/C28H22.C22H18/c1-19-11-15-21(16-12-19)27-23-7-3-5-9-25(23)28(22-17-13-20(2)14-18-22)26-10-6-4-8-24(26)27;1-15-11-13-21(19-9-5-3-7-17(15)19)22-14-12-16(2)18-8-4-6-10-20(18)22/h3-18H,1-2H3;3-14H,1-2H3. The van der Waals surface area contributed by atoms with Gasteiger partial charge >= 0.3 is 0 Å². The van der Waals surface area contributed by atoms with Crippen molar-refractivity contribution in [2.45, 2.75) is 27.7 Å². The number of benzene rings is 9. The van der Waals surface area contributed by atoms with Crippen LogP contribution in [0, 0.1) is 27.7 Å². The molecule has 0 N–H and O–H groups in total. The van der Waals surface area contributed by atoms with Crippen LogP contribution < -0.4 is 0 Å². The normalized spacial score (nSPS) is 11.2. The van der Waals surface area contributed by atoms with Crippen molar-refractivity contribution < 1.29 is 0 Å². The summed E-state index contributed by atoms with van der Waals surface area (Å²) in [6.45, 7) is 8.64. The average molecular weight is 641 g/mol. The van der Waals surface area contributed by atoms with Crippen LogP contribution in [-0.2, 0) is 0 Å². The van der Waals surface area contributed by atoms with Gasteiger partial charge in [0.2, 0.25) is 0 Å². The molecule has 0 bridgehead atoms. The summed E-state index contributed by atoms with van der Waals surface area (Å²) in [4.78, 5) is 0. The number of hydrogen-bond acceptors (Lipinski definition) is 0. The van der Waals surface area contributed by atoms with Crippen LogP contribution in [0.3, 0.4) is 0 Å². The van der Waals surface area contributed by atoms with Crippen molar-refractivity contribution in [2.24, 2.45) is 0 Å². The van der Waals surface area contributed by atoms with Crippen LogP contribution in [0.1, 0.15) is 22.3 Å². The van der Waals surface area contributed by atoms with Gasteiger partial charge in [-0.3, -0.25) is 0 Å². The molecule has 0 unspecified atom stereocenters. The molecule has 0 aromatic heterocycles. The third-order valence-electron chi connectivity index (χ3n) is 10.2. The van der Waals surface area contributed by atoms with E-state index < -0.39 is 0 Å². The Balaban J connectivity index is 0.000000149. The Bertz CT molecular complexity index is 2410. The van der Waals surface area contributed by atoms with Crippen LogP contribution in [-0.4, -0.2) is 0 Å². The summed E-state index contributed by atoms with van der Waals surface area (Å²) in [5.74, 6) is 0. The topological polar surface area (TPSA) is 0 Å². The highest BCUT2D eigenvalue weighted by atomic mass is 14.2. The van der Waals surface area contributed by atoms with Gasteiger partial charge in [0, 0.05) is 0 Å². The predicted molar refractivity (Wildman–Crippen MR) is 218 cm³/mol. The maximum atomic E-state index is 2.26. The highest BCUT2D eigenvalue weighted by Crippen LogP contribution is 2.43. The minimum atomic E-state index is 1.27. The van der Waals surface area contributed by atoms with Crippen molar-refractivity contribution in [1.29, 1.82) is 0 Å². The molecule has 50 heavy (non-hydrogen) atoms. The lowest BCUT2D eigenvalue weighted by molar-refractivity contribution is 1.47. The first-order valence-electron chi connectivity index (χ1n) is 17.5. The molecule has 0 aliphatic heterocycles. The molecule has 240 valence electrons. The van der Waals surface area contributed by atoms with E-state index in [1.54, 1.807) is 0 Å². The van der Waals surface area contributed by atoms with Crippen molar-refractivity contribution in [3.05, 3.63) is 192 Å². The summed E-state index contributed by atoms with van der Waals surface area (Å²) < 4.78 is 0. The third kappa shape index (κ3) is 5.63. The van der Waals surface area contributed by atoms with Gasteiger partial charge in [0.15, 0.2) is 0 Å². The molecule has 0 fully saturated rings. The molecule has 9 rings (SSSR count). The minimum absolute atomic E-state index is 1.27. The fourth-order valence-corrected chi connectivity index (χ4v) is 7.56. The zero-order valence-electron chi connectivity index (χ0n) is 29.2. The number of aryl methyl sites for hydroxylation is 4. The van der Waals surface area contributed by atoms with Crippen LogP contribution in [0.25, 0.3) is 76.5 Å². The fourth-order valence-electron chi connectivity index (χ4n) is 7.56. The zero-order valence-corrected chi connectivity index (χ0v) is 29.2. The van der Waals surface area contributed by atoms with Gasteiger partial charge in [0.1, 0.15) is 0 Å². The molecule has 9 aromatic carbocycles. The molecule has 0 heteroatoms. The van der Waals surface area contributed by atoms with Gasteiger partial charge in [-0.15, -0.1) is 0 Å². The number of fused-ring (bicyclic) bond motifs is 4. The van der Waals surface area contributed by atoms with E-state index in [0.717, 1.165) is 0 Å². The van der Waals surface area contributed by atoms with Crippen molar-refractivity contribution in [2.75, 3.05) is 0 Å². The Morgan fingerprint density at radius 1 is 0.240 bits per heavy atom. The van der Waals surface area contributed by atoms with Crippen molar-refractivity contribution in [3.63, 3.8) is 0 Å². The Morgan fingerprint density at radius 3 is 0.840 bits per heavy atom. The first-order valence-corrected chi connectivity index (χ1v) is 17.5. The zero-order chi connectivity index (χ0) is 34.2. The monoisotopic (exact) mass is 640 g/mol. The van der Waals surface area contributed by atoms with E-state index in [4.69, 9.17) is 0 Å². The first kappa shape index (κ1) is 31.3. The van der Waals surface area contributed by atoms with Gasteiger partial charge in [-0.25, -0.2) is 0 Å². The SMILES string of the molecule is Cc1ccc(-c2c3ccccc3c(-c3ccc(C)cc3)c3ccccc23)cc1.Cc1ccc(-c2ccc(C)c3ccccc23)c2ccccc12. The summed E-state index contributed by atoms with van der Waals surface area (Å²) in [5.41, 5.74) is 13.1. The lowest BCUT2D eigenvalue weighted by Gasteiger charge is -2.17. The van der Waals surface area contributed by atoms with Crippen LogP contribution >= 0.6 is 0 Å². The van der Waals surface area contributed by atoms with Crippen LogP contribution in [0.5, 0.6) is 0 Å². The molecule has 0 nitrogen and oxygen atoms in total. The second-order valence-electron chi connectivity index (χ2n) is 13.5. The average Bonchev–Trinajstić information content (AvgIpc) is 3.16. The van der Waals surface area contributed by atoms with Gasteiger partial charge in [-0.1, -0.05) is 181 Å².